The largest absolute Gasteiger partial charge is 0.0979 e. The monoisotopic (exact) mass is 384 g/mol. The van der Waals surface area contributed by atoms with Crippen molar-refractivity contribution in [2.24, 2.45) is 0 Å². The van der Waals surface area contributed by atoms with Crippen LogP contribution in [0.15, 0.2) is 48.5 Å². The Bertz CT molecular complexity index is 801. The lowest BCUT2D eigenvalue weighted by Crippen LogP contribution is -1.87. The summed E-state index contributed by atoms with van der Waals surface area (Å²) in [6.45, 7) is 4.49. The molecule has 0 fully saturated rings. The maximum Gasteiger partial charge on any atom is 0.0249 e. The highest BCUT2D eigenvalue weighted by atomic mass is 14.0. The summed E-state index contributed by atoms with van der Waals surface area (Å²) in [5.41, 5.74) is 4.62. The minimum Gasteiger partial charge on any atom is -0.0979 e. The first-order valence-electron chi connectivity index (χ1n) is 11.5. The van der Waals surface area contributed by atoms with E-state index >= 15 is 0 Å². The minimum atomic E-state index is 0.990. The van der Waals surface area contributed by atoms with Gasteiger partial charge in [-0.3, -0.25) is 0 Å². The number of rotatable bonds is 10. The van der Waals surface area contributed by atoms with Gasteiger partial charge in [-0.15, -0.1) is 0 Å². The van der Waals surface area contributed by atoms with E-state index in [2.05, 4.69) is 86.1 Å². The van der Waals surface area contributed by atoms with Crippen molar-refractivity contribution in [3.8, 4) is 23.7 Å². The van der Waals surface area contributed by atoms with E-state index in [1.165, 1.54) is 69.8 Å². The van der Waals surface area contributed by atoms with Crippen LogP contribution in [0.4, 0.5) is 0 Å². The van der Waals surface area contributed by atoms with Crippen LogP contribution in [0.25, 0.3) is 0 Å². The van der Waals surface area contributed by atoms with Crippen LogP contribution in [-0.4, -0.2) is 0 Å². The van der Waals surface area contributed by atoms with E-state index in [4.69, 9.17) is 0 Å². The third kappa shape index (κ3) is 10.1. The van der Waals surface area contributed by atoms with Gasteiger partial charge in [-0.25, -0.2) is 0 Å². The fourth-order valence-electron chi connectivity index (χ4n) is 3.27. The van der Waals surface area contributed by atoms with Crippen LogP contribution in [0.5, 0.6) is 0 Å². The molecule has 2 aromatic rings. The zero-order chi connectivity index (χ0) is 20.6. The fraction of sp³-hybridized carbons (Fsp3) is 0.448. The predicted molar refractivity (Wildman–Crippen MR) is 127 cm³/mol. The lowest BCUT2D eigenvalue weighted by atomic mass is 10.0. The molecule has 0 heteroatoms. The molecule has 0 aliphatic carbocycles. The van der Waals surface area contributed by atoms with E-state index in [-0.39, 0.29) is 0 Å². The van der Waals surface area contributed by atoms with Gasteiger partial charge in [0.1, 0.15) is 0 Å². The third-order valence-electron chi connectivity index (χ3n) is 5.15. The van der Waals surface area contributed by atoms with Crippen LogP contribution < -0.4 is 0 Å². The van der Waals surface area contributed by atoms with Gasteiger partial charge >= 0.3 is 0 Å². The number of unbranched alkanes of at least 4 members (excludes halogenated alkanes) is 8. The van der Waals surface area contributed by atoms with Gasteiger partial charge in [0.2, 0.25) is 0 Å². The fourth-order valence-corrected chi connectivity index (χ4v) is 3.27. The van der Waals surface area contributed by atoms with E-state index in [0.717, 1.165) is 23.1 Å². The topological polar surface area (TPSA) is 0 Å². The van der Waals surface area contributed by atoms with Crippen molar-refractivity contribution in [3.63, 3.8) is 0 Å². The molecule has 0 unspecified atom stereocenters. The SMILES string of the molecule is CCCCCC#Cc1ccc(C#Cc2ccc(CCCCCCCC)cc2)cc1. The summed E-state index contributed by atoms with van der Waals surface area (Å²) in [5.74, 6) is 13.0. The minimum absolute atomic E-state index is 0.990. The van der Waals surface area contributed by atoms with Crippen LogP contribution in [-0.2, 0) is 6.42 Å². The molecule has 0 aliphatic rings. The molecular formula is C29H36. The summed E-state index contributed by atoms with van der Waals surface area (Å²) in [6.07, 6.45) is 14.0. The van der Waals surface area contributed by atoms with E-state index in [0.29, 0.717) is 0 Å². The van der Waals surface area contributed by atoms with Gasteiger partial charge in [0, 0.05) is 23.1 Å². The second kappa shape index (κ2) is 14.5. The molecule has 0 amide bonds. The van der Waals surface area contributed by atoms with E-state index in [1.807, 2.05) is 0 Å². The molecule has 152 valence electrons. The molecular weight excluding hydrogens is 348 g/mol. The van der Waals surface area contributed by atoms with Gasteiger partial charge in [0.25, 0.3) is 0 Å². The normalized spacial score (nSPS) is 10.0. The highest BCUT2D eigenvalue weighted by Crippen LogP contribution is 2.11. The van der Waals surface area contributed by atoms with E-state index in [1.54, 1.807) is 0 Å². The average molecular weight is 385 g/mol. The van der Waals surface area contributed by atoms with Gasteiger partial charge < -0.3 is 0 Å². The van der Waals surface area contributed by atoms with Crippen LogP contribution >= 0.6 is 0 Å². The summed E-state index contributed by atoms with van der Waals surface area (Å²) in [6, 6.07) is 17.0. The number of hydrogen-bond acceptors (Lipinski definition) is 0. The van der Waals surface area contributed by atoms with Gasteiger partial charge in [-0.05, 0) is 61.2 Å². The molecule has 0 saturated heterocycles. The zero-order valence-corrected chi connectivity index (χ0v) is 18.4. The summed E-state index contributed by atoms with van der Waals surface area (Å²) >= 11 is 0. The highest BCUT2D eigenvalue weighted by molar-refractivity contribution is 5.46. The molecule has 2 aromatic carbocycles. The van der Waals surface area contributed by atoms with Crippen LogP contribution in [0, 0.1) is 23.7 Å². The summed E-state index contributed by atoms with van der Waals surface area (Å²) in [7, 11) is 0. The molecule has 0 N–H and O–H groups in total. The molecule has 0 bridgehead atoms. The van der Waals surface area contributed by atoms with Gasteiger partial charge in [0.05, 0.1) is 0 Å². The number of aryl methyl sites for hydroxylation is 1. The van der Waals surface area contributed by atoms with Crippen molar-refractivity contribution in [2.75, 3.05) is 0 Å². The average Bonchev–Trinajstić information content (AvgIpc) is 2.76. The smallest absolute Gasteiger partial charge is 0.0249 e. The Balaban J connectivity index is 1.78. The molecule has 0 nitrogen and oxygen atoms in total. The molecule has 0 radical (unpaired) electrons. The Labute approximate surface area is 179 Å². The van der Waals surface area contributed by atoms with Crippen LogP contribution in [0.2, 0.25) is 0 Å². The van der Waals surface area contributed by atoms with Crippen molar-refractivity contribution in [2.45, 2.75) is 84.5 Å². The Morgan fingerprint density at radius 2 is 1.00 bits per heavy atom. The van der Waals surface area contributed by atoms with Gasteiger partial charge in [-0.1, -0.05) is 94.6 Å². The Kier molecular flexibility index (Phi) is 11.5. The van der Waals surface area contributed by atoms with Gasteiger partial charge in [0.15, 0.2) is 0 Å². The molecule has 2 rings (SSSR count). The first kappa shape index (κ1) is 22.8. The third-order valence-corrected chi connectivity index (χ3v) is 5.15. The summed E-state index contributed by atoms with van der Waals surface area (Å²) in [4.78, 5) is 0. The van der Waals surface area contributed by atoms with Crippen molar-refractivity contribution >= 4 is 0 Å². The second-order valence-electron chi connectivity index (χ2n) is 7.80. The molecule has 0 heterocycles. The second-order valence-corrected chi connectivity index (χ2v) is 7.80. The van der Waals surface area contributed by atoms with Crippen molar-refractivity contribution in [1.82, 2.24) is 0 Å². The van der Waals surface area contributed by atoms with Gasteiger partial charge in [-0.2, -0.15) is 0 Å². The molecule has 29 heavy (non-hydrogen) atoms. The standard InChI is InChI=1S/C29H36/c1-3-5-7-9-11-13-15-27-18-22-29(23-19-27)25-24-28-20-16-26(17-21-28)14-12-10-8-6-4-2/h16-23H,3-11,13,15H2,1-2H3. The first-order chi connectivity index (χ1) is 14.3. The first-order valence-corrected chi connectivity index (χ1v) is 11.5. The molecule has 0 atom stereocenters. The highest BCUT2D eigenvalue weighted by Gasteiger charge is 1.95. The quantitative estimate of drug-likeness (QED) is 0.288. The lowest BCUT2D eigenvalue weighted by Gasteiger charge is -2.02. The molecule has 0 spiro atoms. The Morgan fingerprint density at radius 3 is 1.62 bits per heavy atom. The molecule has 0 saturated carbocycles. The van der Waals surface area contributed by atoms with Crippen molar-refractivity contribution in [1.29, 1.82) is 0 Å². The predicted octanol–water partition coefficient (Wildman–Crippen LogP) is 7.92. The molecule has 0 aliphatic heterocycles. The maximum atomic E-state index is 3.28. The van der Waals surface area contributed by atoms with E-state index in [9.17, 15) is 0 Å². The van der Waals surface area contributed by atoms with E-state index < -0.39 is 0 Å². The van der Waals surface area contributed by atoms with Crippen molar-refractivity contribution < 1.29 is 0 Å². The Hall–Kier alpha value is -2.44. The number of benzene rings is 2. The number of hydrogen-bond donors (Lipinski definition) is 0. The lowest BCUT2D eigenvalue weighted by molar-refractivity contribution is 0.607. The van der Waals surface area contributed by atoms with Crippen LogP contribution in [0.1, 0.15) is 100 Å². The van der Waals surface area contributed by atoms with Crippen LogP contribution in [0.3, 0.4) is 0 Å². The molecule has 0 aromatic heterocycles. The van der Waals surface area contributed by atoms with Crippen molar-refractivity contribution in [3.05, 3.63) is 70.8 Å². The summed E-state index contributed by atoms with van der Waals surface area (Å²) < 4.78 is 0. The Morgan fingerprint density at radius 1 is 0.517 bits per heavy atom. The zero-order valence-electron chi connectivity index (χ0n) is 18.4. The summed E-state index contributed by atoms with van der Waals surface area (Å²) in [5, 5.41) is 0. The maximum absolute atomic E-state index is 3.28.